The van der Waals surface area contributed by atoms with Crippen LogP contribution in [0.1, 0.15) is 31.8 Å². The molecule has 17 heteroatoms. The van der Waals surface area contributed by atoms with E-state index in [1.165, 1.54) is 73.7 Å². The number of nitrogens with zero attached hydrogens (tertiary/aromatic N) is 3. The maximum atomic E-state index is 14.6. The van der Waals surface area contributed by atoms with E-state index in [2.05, 4.69) is 30.7 Å². The second-order valence-corrected chi connectivity index (χ2v) is 12.8. The number of anilines is 2. The number of hydrogen-bond acceptors (Lipinski definition) is 8. The number of carbonyl (C=O) groups is 4. The van der Waals surface area contributed by atoms with E-state index in [1.807, 2.05) is 0 Å². The second-order valence-electron chi connectivity index (χ2n) is 12.2. The van der Waals surface area contributed by atoms with Gasteiger partial charge in [-0.25, -0.2) is 36.7 Å². The van der Waals surface area contributed by atoms with Crippen molar-refractivity contribution in [3.05, 3.63) is 130 Å². The highest BCUT2D eigenvalue weighted by Gasteiger charge is 2.26. The number of ether oxygens (including phenoxy) is 4. The number of alkyl halides is 1. The Balaban J connectivity index is 0.000000209. The zero-order chi connectivity index (χ0) is 41.3. The molecule has 0 unspecified atom stereocenters. The molecule has 12 nitrogen and oxygen atoms in total. The van der Waals surface area contributed by atoms with E-state index in [-0.39, 0.29) is 41.1 Å². The molecule has 0 aliphatic carbocycles. The van der Waals surface area contributed by atoms with Crippen LogP contribution in [0.5, 0.6) is 0 Å². The first-order chi connectivity index (χ1) is 27.4. The Morgan fingerprint density at radius 3 is 1.68 bits per heavy atom. The van der Waals surface area contributed by atoms with Gasteiger partial charge >= 0.3 is 24.0 Å². The summed E-state index contributed by atoms with van der Waals surface area (Å²) in [6, 6.07) is 19.0. The summed E-state index contributed by atoms with van der Waals surface area (Å²) in [7, 11) is 2.47. The number of morpholine rings is 2. The Hall–Kier alpha value is -5.52. The molecular formula is C40H41BrF4N4O8. The fourth-order valence-electron chi connectivity index (χ4n) is 5.37. The molecule has 304 valence electrons. The van der Waals surface area contributed by atoms with E-state index in [0.29, 0.717) is 74.9 Å². The number of methoxy groups -OCH3 is 2. The molecule has 0 saturated carbocycles. The predicted molar refractivity (Wildman–Crippen MR) is 206 cm³/mol. The molecule has 1 N–H and O–H groups in total. The summed E-state index contributed by atoms with van der Waals surface area (Å²) in [6.45, 7) is 3.74. The zero-order valence-corrected chi connectivity index (χ0v) is 32.7. The molecular weight excluding hydrogens is 820 g/mol. The SMILES string of the molecule is COC(=O)c1ccc(CBr)c(F)c1.COC(=O)c1ccc(CN(C(=O)N2CCOCC2)c2cccc(F)c2)c(F)c1.O=C(Nc1cccc(F)c1)N1CCOCC1. The lowest BCUT2D eigenvalue weighted by Crippen LogP contribution is -2.48. The standard InChI is InChI=1S/C20H20F2N2O4.C11H13FN2O2.C9H8BrFO2/c1-27-19(25)14-5-6-15(18(22)11-14)13-24(17-4-2-3-16(21)12-17)20(26)23-7-9-28-10-8-23;12-9-2-1-3-10(8-9)13-11(15)14-4-6-16-7-5-14;1-13-9(12)6-2-3-7(5-10)8(11)4-6/h2-6,11-12H,7-10,13H2,1H3;1-3,8H,4-7H2,(H,13,15);2-4H,5H2,1H3. The van der Waals surface area contributed by atoms with Crippen molar-refractivity contribution in [1.29, 1.82) is 0 Å². The predicted octanol–water partition coefficient (Wildman–Crippen LogP) is 7.41. The van der Waals surface area contributed by atoms with Crippen LogP contribution < -0.4 is 10.2 Å². The first-order valence-corrected chi connectivity index (χ1v) is 18.6. The van der Waals surface area contributed by atoms with Gasteiger partial charge in [0.25, 0.3) is 0 Å². The molecule has 2 aliphatic heterocycles. The molecule has 57 heavy (non-hydrogen) atoms. The Morgan fingerprint density at radius 2 is 1.19 bits per heavy atom. The average molecular weight is 862 g/mol. The number of amides is 4. The summed E-state index contributed by atoms with van der Waals surface area (Å²) in [5, 5.41) is 3.07. The van der Waals surface area contributed by atoms with Gasteiger partial charge in [0, 0.05) is 48.4 Å². The number of urea groups is 2. The fraction of sp³-hybridized carbons (Fsp3) is 0.300. The van der Waals surface area contributed by atoms with Gasteiger partial charge in [-0.2, -0.15) is 0 Å². The minimum Gasteiger partial charge on any atom is -0.465 e. The van der Waals surface area contributed by atoms with E-state index in [9.17, 15) is 36.7 Å². The van der Waals surface area contributed by atoms with Crippen LogP contribution in [-0.2, 0) is 30.8 Å². The van der Waals surface area contributed by atoms with Gasteiger partial charge < -0.3 is 34.1 Å². The van der Waals surface area contributed by atoms with Gasteiger partial charge in [0.05, 0.1) is 58.3 Å². The average Bonchev–Trinajstić information content (AvgIpc) is 3.23. The summed E-state index contributed by atoms with van der Waals surface area (Å²) < 4.78 is 73.7. The van der Waals surface area contributed by atoms with E-state index >= 15 is 0 Å². The lowest BCUT2D eigenvalue weighted by atomic mass is 10.1. The van der Waals surface area contributed by atoms with Gasteiger partial charge in [-0.15, -0.1) is 0 Å². The van der Waals surface area contributed by atoms with Crippen LogP contribution in [0.2, 0.25) is 0 Å². The molecule has 0 spiro atoms. The minimum absolute atomic E-state index is 0.0700. The maximum Gasteiger partial charge on any atom is 0.337 e. The third kappa shape index (κ3) is 13.3. The molecule has 0 bridgehead atoms. The van der Waals surface area contributed by atoms with E-state index in [4.69, 9.17) is 9.47 Å². The van der Waals surface area contributed by atoms with Crippen molar-refractivity contribution in [2.75, 3.05) is 77.0 Å². The van der Waals surface area contributed by atoms with Gasteiger partial charge in [-0.1, -0.05) is 40.2 Å². The van der Waals surface area contributed by atoms with Crippen LogP contribution in [0, 0.1) is 23.3 Å². The smallest absolute Gasteiger partial charge is 0.337 e. The number of hydrogen-bond donors (Lipinski definition) is 1. The topological polar surface area (TPSA) is 127 Å². The molecule has 4 amide bonds. The lowest BCUT2D eigenvalue weighted by Gasteiger charge is -2.33. The van der Waals surface area contributed by atoms with Crippen molar-refractivity contribution in [2.24, 2.45) is 0 Å². The molecule has 6 rings (SSSR count). The molecule has 2 aliphatic rings. The van der Waals surface area contributed by atoms with Crippen LogP contribution in [0.4, 0.5) is 38.5 Å². The van der Waals surface area contributed by atoms with Gasteiger partial charge in [-0.05, 0) is 66.2 Å². The summed E-state index contributed by atoms with van der Waals surface area (Å²) in [5.41, 5.74) is 1.79. The normalized spacial score (nSPS) is 13.5. The Morgan fingerprint density at radius 1 is 0.684 bits per heavy atom. The Labute approximate surface area is 335 Å². The van der Waals surface area contributed by atoms with Crippen LogP contribution in [0.15, 0.2) is 84.9 Å². The van der Waals surface area contributed by atoms with Crippen molar-refractivity contribution in [3.8, 4) is 0 Å². The molecule has 2 saturated heterocycles. The summed E-state index contributed by atoms with van der Waals surface area (Å²) in [4.78, 5) is 51.8. The summed E-state index contributed by atoms with van der Waals surface area (Å²) in [6.07, 6.45) is 0. The van der Waals surface area contributed by atoms with Crippen molar-refractivity contribution in [1.82, 2.24) is 9.80 Å². The molecule has 4 aromatic carbocycles. The summed E-state index contributed by atoms with van der Waals surface area (Å²) in [5.74, 6) is -3.10. The Bertz CT molecular complexity index is 2000. The number of nitrogens with one attached hydrogen (secondary N) is 1. The highest BCUT2D eigenvalue weighted by molar-refractivity contribution is 9.08. The minimum atomic E-state index is -0.656. The van der Waals surface area contributed by atoms with Crippen LogP contribution in [-0.4, -0.2) is 101 Å². The molecule has 2 heterocycles. The number of halogens is 5. The number of esters is 2. The molecule has 4 aromatic rings. The highest BCUT2D eigenvalue weighted by Crippen LogP contribution is 2.23. The fourth-order valence-corrected chi connectivity index (χ4v) is 5.82. The first-order valence-electron chi connectivity index (χ1n) is 17.5. The van der Waals surface area contributed by atoms with E-state index in [1.54, 1.807) is 34.1 Å². The van der Waals surface area contributed by atoms with Crippen molar-refractivity contribution in [3.63, 3.8) is 0 Å². The third-order valence-corrected chi connectivity index (χ3v) is 9.03. The first kappa shape index (κ1) is 44.2. The molecule has 0 radical (unpaired) electrons. The number of rotatable bonds is 7. The second kappa shape index (κ2) is 22.3. The third-order valence-electron chi connectivity index (χ3n) is 8.43. The van der Waals surface area contributed by atoms with Crippen LogP contribution >= 0.6 is 15.9 Å². The monoisotopic (exact) mass is 860 g/mol. The van der Waals surface area contributed by atoms with Crippen LogP contribution in [0.3, 0.4) is 0 Å². The van der Waals surface area contributed by atoms with Crippen molar-refractivity contribution in [2.45, 2.75) is 11.9 Å². The zero-order valence-electron chi connectivity index (χ0n) is 31.2. The Kier molecular flexibility index (Phi) is 17.3. The van der Waals surface area contributed by atoms with E-state index < -0.39 is 29.4 Å². The quantitative estimate of drug-likeness (QED) is 0.116. The van der Waals surface area contributed by atoms with Crippen molar-refractivity contribution < 1.29 is 55.7 Å². The number of carbonyl (C=O) groups excluding carboxylic acids is 4. The van der Waals surface area contributed by atoms with E-state index in [0.717, 1.165) is 6.07 Å². The van der Waals surface area contributed by atoms with Crippen molar-refractivity contribution >= 4 is 51.3 Å². The highest BCUT2D eigenvalue weighted by atomic mass is 79.9. The van der Waals surface area contributed by atoms with Gasteiger partial charge in [0.15, 0.2) is 0 Å². The van der Waals surface area contributed by atoms with Crippen LogP contribution in [0.25, 0.3) is 0 Å². The molecule has 0 aromatic heterocycles. The molecule has 2 fully saturated rings. The lowest BCUT2D eigenvalue weighted by molar-refractivity contribution is 0.0548. The van der Waals surface area contributed by atoms with Gasteiger partial charge in [-0.3, -0.25) is 4.90 Å². The summed E-state index contributed by atoms with van der Waals surface area (Å²) >= 11 is 3.13. The largest absolute Gasteiger partial charge is 0.465 e. The van der Waals surface area contributed by atoms with Gasteiger partial charge in [0.1, 0.15) is 23.3 Å². The molecule has 0 atom stereocenters. The van der Waals surface area contributed by atoms with Gasteiger partial charge in [0.2, 0.25) is 0 Å². The number of benzene rings is 4. The maximum absolute atomic E-state index is 14.6.